The Kier molecular flexibility index (Phi) is 4.07. The summed E-state index contributed by atoms with van der Waals surface area (Å²) < 4.78 is 15.3. The van der Waals surface area contributed by atoms with E-state index in [2.05, 4.69) is 4.98 Å². The van der Waals surface area contributed by atoms with Gasteiger partial charge in [0.1, 0.15) is 11.6 Å². The second-order valence-electron chi connectivity index (χ2n) is 4.53. The highest BCUT2D eigenvalue weighted by Crippen LogP contribution is 2.29. The lowest BCUT2D eigenvalue weighted by Crippen LogP contribution is -2.02. The molecular formula is C15H10Cl3FN2. The molecule has 0 radical (unpaired) electrons. The summed E-state index contributed by atoms with van der Waals surface area (Å²) in [7, 11) is 0. The van der Waals surface area contributed by atoms with Crippen LogP contribution >= 0.6 is 34.8 Å². The molecule has 1 aromatic heterocycles. The minimum Gasteiger partial charge on any atom is -0.295 e. The summed E-state index contributed by atoms with van der Waals surface area (Å²) in [6, 6.07) is 9.70. The minimum atomic E-state index is -0.327. The van der Waals surface area contributed by atoms with E-state index in [1.165, 1.54) is 12.1 Å². The molecule has 21 heavy (non-hydrogen) atoms. The summed E-state index contributed by atoms with van der Waals surface area (Å²) in [4.78, 5) is 4.45. The second-order valence-corrected chi connectivity index (χ2v) is 5.75. The summed E-state index contributed by atoms with van der Waals surface area (Å²) in [5.74, 6) is 0.818. The molecular weight excluding hydrogens is 334 g/mol. The number of aromatic nitrogens is 2. The predicted octanol–water partition coefficient (Wildman–Crippen LogP) is 5.25. The van der Waals surface area contributed by atoms with Crippen LogP contribution in [0.25, 0.3) is 16.7 Å². The molecule has 2 nitrogen and oxygen atoms in total. The van der Waals surface area contributed by atoms with E-state index < -0.39 is 0 Å². The van der Waals surface area contributed by atoms with Crippen LogP contribution in [0.3, 0.4) is 0 Å². The van der Waals surface area contributed by atoms with E-state index in [0.717, 1.165) is 17.0 Å². The summed E-state index contributed by atoms with van der Waals surface area (Å²) in [6.07, 6.45) is 0.552. The molecule has 0 unspecified atom stereocenters. The molecule has 6 heteroatoms. The lowest BCUT2D eigenvalue weighted by Gasteiger charge is -2.11. The van der Waals surface area contributed by atoms with Crippen molar-refractivity contribution in [2.45, 2.75) is 6.42 Å². The zero-order chi connectivity index (χ0) is 15.0. The average Bonchev–Trinajstić information content (AvgIpc) is 2.76. The molecule has 0 saturated carbocycles. The molecule has 0 aliphatic heterocycles. The normalized spacial score (nSPS) is 11.2. The van der Waals surface area contributed by atoms with Gasteiger partial charge in [-0.2, -0.15) is 0 Å². The Hall–Kier alpha value is -1.29. The molecule has 0 saturated heterocycles. The Morgan fingerprint density at radius 2 is 1.90 bits per heavy atom. The Balaban J connectivity index is 2.30. The summed E-state index contributed by atoms with van der Waals surface area (Å²) >= 11 is 18.1. The lowest BCUT2D eigenvalue weighted by atomic mass is 10.2. The highest BCUT2D eigenvalue weighted by atomic mass is 35.5. The Morgan fingerprint density at radius 1 is 1.10 bits per heavy atom. The number of hydrogen-bond donors (Lipinski definition) is 0. The summed E-state index contributed by atoms with van der Waals surface area (Å²) in [6.45, 7) is 0. The van der Waals surface area contributed by atoms with E-state index in [4.69, 9.17) is 34.8 Å². The summed E-state index contributed by atoms with van der Waals surface area (Å²) in [5.41, 5.74) is 2.09. The van der Waals surface area contributed by atoms with Crippen LogP contribution in [0.2, 0.25) is 10.0 Å². The first-order chi connectivity index (χ1) is 10.1. The van der Waals surface area contributed by atoms with Crippen molar-refractivity contribution in [1.82, 2.24) is 9.55 Å². The van der Waals surface area contributed by atoms with E-state index >= 15 is 0 Å². The first-order valence-corrected chi connectivity index (χ1v) is 7.57. The maximum absolute atomic E-state index is 13.4. The molecule has 3 aromatic rings. The Bertz CT molecular complexity index is 814. The van der Waals surface area contributed by atoms with Gasteiger partial charge in [-0.05, 0) is 30.3 Å². The highest BCUT2D eigenvalue weighted by molar-refractivity contribution is 6.35. The van der Waals surface area contributed by atoms with Crippen molar-refractivity contribution >= 4 is 45.8 Å². The van der Waals surface area contributed by atoms with E-state index in [-0.39, 0.29) is 5.82 Å². The van der Waals surface area contributed by atoms with Crippen molar-refractivity contribution in [3.05, 3.63) is 58.1 Å². The molecule has 0 spiro atoms. The molecule has 0 fully saturated rings. The van der Waals surface area contributed by atoms with Crippen molar-refractivity contribution in [3.8, 4) is 5.69 Å². The third-order valence-corrected chi connectivity index (χ3v) is 3.88. The van der Waals surface area contributed by atoms with Crippen LogP contribution in [0.5, 0.6) is 0 Å². The van der Waals surface area contributed by atoms with Crippen molar-refractivity contribution in [3.63, 3.8) is 0 Å². The second kappa shape index (κ2) is 5.84. The van der Waals surface area contributed by atoms with Crippen LogP contribution in [0.15, 0.2) is 36.4 Å². The fraction of sp³-hybridized carbons (Fsp3) is 0.133. The van der Waals surface area contributed by atoms with E-state index in [1.807, 2.05) is 10.6 Å². The molecule has 2 aromatic carbocycles. The van der Waals surface area contributed by atoms with Crippen LogP contribution in [0.4, 0.5) is 4.39 Å². The fourth-order valence-corrected chi connectivity index (χ4v) is 2.95. The number of aryl methyl sites for hydroxylation is 1. The number of rotatable bonds is 3. The van der Waals surface area contributed by atoms with Gasteiger partial charge in [-0.25, -0.2) is 9.37 Å². The van der Waals surface area contributed by atoms with Gasteiger partial charge < -0.3 is 0 Å². The maximum atomic E-state index is 13.4. The van der Waals surface area contributed by atoms with Gasteiger partial charge in [0, 0.05) is 23.4 Å². The number of benzene rings is 2. The Morgan fingerprint density at radius 3 is 2.62 bits per heavy atom. The third-order valence-electron chi connectivity index (χ3n) is 3.15. The molecule has 0 aliphatic rings. The van der Waals surface area contributed by atoms with Gasteiger partial charge in [0.25, 0.3) is 0 Å². The first-order valence-electron chi connectivity index (χ1n) is 6.28. The van der Waals surface area contributed by atoms with E-state index in [1.54, 1.807) is 18.2 Å². The monoisotopic (exact) mass is 342 g/mol. The third kappa shape index (κ3) is 2.73. The number of nitrogens with zero attached hydrogens (tertiary/aromatic N) is 2. The predicted molar refractivity (Wildman–Crippen MR) is 85.5 cm³/mol. The number of halogens is 4. The van der Waals surface area contributed by atoms with Gasteiger partial charge in [0.2, 0.25) is 0 Å². The van der Waals surface area contributed by atoms with Gasteiger partial charge in [-0.15, -0.1) is 11.6 Å². The molecule has 0 aliphatic carbocycles. The molecule has 0 atom stereocenters. The van der Waals surface area contributed by atoms with E-state index in [9.17, 15) is 4.39 Å². The van der Waals surface area contributed by atoms with Crippen LogP contribution in [0, 0.1) is 5.82 Å². The number of imidazole rings is 1. The average molecular weight is 344 g/mol. The fourth-order valence-electron chi connectivity index (χ4n) is 2.29. The highest BCUT2D eigenvalue weighted by Gasteiger charge is 2.15. The largest absolute Gasteiger partial charge is 0.295 e. The quantitative estimate of drug-likeness (QED) is 0.594. The van der Waals surface area contributed by atoms with Gasteiger partial charge in [0.05, 0.1) is 21.7 Å². The van der Waals surface area contributed by atoms with Crippen LogP contribution in [0.1, 0.15) is 5.82 Å². The van der Waals surface area contributed by atoms with Gasteiger partial charge in [-0.1, -0.05) is 23.2 Å². The zero-order valence-corrected chi connectivity index (χ0v) is 13.1. The van der Waals surface area contributed by atoms with Crippen molar-refractivity contribution in [1.29, 1.82) is 0 Å². The molecule has 108 valence electrons. The molecule has 0 bridgehead atoms. The van der Waals surface area contributed by atoms with Gasteiger partial charge in [-0.3, -0.25) is 4.57 Å². The van der Waals surface area contributed by atoms with Crippen molar-refractivity contribution in [2.24, 2.45) is 0 Å². The SMILES string of the molecule is Fc1ccc2c(c1)nc(CCCl)n2-c1ccc(Cl)cc1Cl. The standard InChI is InChI=1S/C15H10Cl3FN2/c16-6-5-15-20-12-8-10(19)2-4-14(12)21(15)13-3-1-9(17)7-11(13)18/h1-4,7-8H,5-6H2. The number of alkyl halides is 1. The molecule has 3 rings (SSSR count). The number of fused-ring (bicyclic) bond motifs is 1. The summed E-state index contributed by atoms with van der Waals surface area (Å²) in [5, 5.41) is 1.06. The molecule has 0 N–H and O–H groups in total. The smallest absolute Gasteiger partial charge is 0.125 e. The first kappa shape index (κ1) is 14.6. The van der Waals surface area contributed by atoms with E-state index in [0.29, 0.717) is 27.9 Å². The van der Waals surface area contributed by atoms with Crippen molar-refractivity contribution in [2.75, 3.05) is 5.88 Å². The van der Waals surface area contributed by atoms with Crippen LogP contribution < -0.4 is 0 Å². The van der Waals surface area contributed by atoms with Crippen LogP contribution in [-0.2, 0) is 6.42 Å². The maximum Gasteiger partial charge on any atom is 0.125 e. The topological polar surface area (TPSA) is 17.8 Å². The number of hydrogen-bond acceptors (Lipinski definition) is 1. The van der Waals surface area contributed by atoms with Crippen LogP contribution in [-0.4, -0.2) is 15.4 Å². The van der Waals surface area contributed by atoms with Gasteiger partial charge >= 0.3 is 0 Å². The van der Waals surface area contributed by atoms with Gasteiger partial charge in [0.15, 0.2) is 0 Å². The molecule has 0 amide bonds. The zero-order valence-electron chi connectivity index (χ0n) is 10.8. The Labute approximate surface area is 136 Å². The minimum absolute atomic E-state index is 0.327. The van der Waals surface area contributed by atoms with Crippen molar-refractivity contribution < 1.29 is 4.39 Å². The molecule has 1 heterocycles. The lowest BCUT2D eigenvalue weighted by molar-refractivity contribution is 0.629.